The average molecular weight is 453 g/mol. The Morgan fingerprint density at radius 1 is 1.19 bits per heavy atom. The van der Waals surface area contributed by atoms with Crippen molar-refractivity contribution >= 4 is 33.6 Å². The van der Waals surface area contributed by atoms with Crippen molar-refractivity contribution in [3.8, 4) is 0 Å². The molecule has 162 valence electrons. The van der Waals surface area contributed by atoms with Gasteiger partial charge in [0.1, 0.15) is 11.3 Å². The summed E-state index contributed by atoms with van der Waals surface area (Å²) in [7, 11) is 0. The molecule has 1 amide bonds. The second kappa shape index (κ2) is 7.65. The summed E-state index contributed by atoms with van der Waals surface area (Å²) in [5.41, 5.74) is -2.29. The number of aromatic nitrogens is 2. The Bertz CT molecular complexity index is 1230. The molecule has 31 heavy (non-hydrogen) atoms. The van der Waals surface area contributed by atoms with E-state index < -0.39 is 33.8 Å². The molecule has 13 heteroatoms. The minimum atomic E-state index is -4.69. The molecule has 3 heterocycles. The Morgan fingerprint density at radius 2 is 1.90 bits per heavy atom. The van der Waals surface area contributed by atoms with Crippen molar-refractivity contribution in [1.29, 1.82) is 0 Å². The lowest BCUT2D eigenvalue weighted by Gasteiger charge is -2.35. The van der Waals surface area contributed by atoms with Crippen LogP contribution in [0.5, 0.6) is 0 Å². The number of halogens is 3. The first-order valence-corrected chi connectivity index (χ1v) is 9.89. The van der Waals surface area contributed by atoms with Gasteiger partial charge in [0, 0.05) is 50.0 Å². The zero-order valence-electron chi connectivity index (χ0n) is 15.7. The van der Waals surface area contributed by atoms with Crippen LogP contribution in [-0.4, -0.2) is 51.3 Å². The fraction of sp³-hybridized carbons (Fsp3) is 0.278. The standard InChI is InChI=1S/C18H14F3N5O4S/c19-18(20,21)11-1-2-13(14(9-11)26(29)30)23-3-5-24(6-4-23)15(27)12-10-22-17-25(16(12)28)7-8-31-17/h1-2,7-10H,3-6H2. The molecule has 1 aliphatic heterocycles. The molecule has 0 saturated carbocycles. The van der Waals surface area contributed by atoms with Crippen molar-refractivity contribution in [2.75, 3.05) is 31.1 Å². The van der Waals surface area contributed by atoms with E-state index >= 15 is 0 Å². The first kappa shape index (κ1) is 20.8. The van der Waals surface area contributed by atoms with Crippen molar-refractivity contribution in [2.24, 2.45) is 0 Å². The van der Waals surface area contributed by atoms with E-state index in [-0.39, 0.29) is 37.4 Å². The van der Waals surface area contributed by atoms with Crippen LogP contribution in [0.2, 0.25) is 0 Å². The van der Waals surface area contributed by atoms with Crippen molar-refractivity contribution in [2.45, 2.75) is 6.18 Å². The fourth-order valence-corrected chi connectivity index (χ4v) is 4.08. The number of amides is 1. The second-order valence-electron chi connectivity index (χ2n) is 6.77. The minimum absolute atomic E-state index is 0.0477. The van der Waals surface area contributed by atoms with E-state index in [0.717, 1.165) is 12.1 Å². The third-order valence-electron chi connectivity index (χ3n) is 4.98. The van der Waals surface area contributed by atoms with Crippen LogP contribution in [-0.2, 0) is 6.18 Å². The molecule has 0 spiro atoms. The number of carbonyl (C=O) groups is 1. The predicted octanol–water partition coefficient (Wildman–Crippen LogP) is 2.65. The number of fused-ring (bicyclic) bond motifs is 1. The van der Waals surface area contributed by atoms with Crippen molar-refractivity contribution in [3.63, 3.8) is 0 Å². The number of hydrogen-bond donors (Lipinski definition) is 0. The van der Waals surface area contributed by atoms with Gasteiger partial charge in [0.25, 0.3) is 17.2 Å². The van der Waals surface area contributed by atoms with Gasteiger partial charge in [0.15, 0.2) is 4.96 Å². The molecule has 0 radical (unpaired) electrons. The average Bonchev–Trinajstić information content (AvgIpc) is 3.22. The van der Waals surface area contributed by atoms with Gasteiger partial charge in [-0.2, -0.15) is 13.2 Å². The molecule has 0 atom stereocenters. The fourth-order valence-electron chi connectivity index (χ4n) is 3.41. The second-order valence-corrected chi connectivity index (χ2v) is 7.64. The number of nitro benzene ring substituents is 1. The zero-order valence-corrected chi connectivity index (χ0v) is 16.5. The van der Waals surface area contributed by atoms with Crippen molar-refractivity contribution in [3.05, 3.63) is 67.6 Å². The summed E-state index contributed by atoms with van der Waals surface area (Å²) in [5.74, 6) is -0.514. The number of rotatable bonds is 3. The van der Waals surface area contributed by atoms with Crippen molar-refractivity contribution < 1.29 is 22.9 Å². The molecule has 1 aromatic carbocycles. The van der Waals surface area contributed by atoms with Crippen LogP contribution in [0.25, 0.3) is 4.96 Å². The van der Waals surface area contributed by atoms with Gasteiger partial charge in [0.2, 0.25) is 0 Å². The molecule has 0 bridgehead atoms. The van der Waals surface area contributed by atoms with Gasteiger partial charge in [0.05, 0.1) is 10.5 Å². The van der Waals surface area contributed by atoms with Crippen LogP contribution >= 0.6 is 11.3 Å². The smallest absolute Gasteiger partial charge is 0.362 e. The third kappa shape index (κ3) is 3.83. The van der Waals surface area contributed by atoms with E-state index in [2.05, 4.69) is 4.98 Å². The number of hydrogen-bond acceptors (Lipinski definition) is 7. The SMILES string of the molecule is O=C(c1cnc2sccn2c1=O)N1CCN(c2ccc(C(F)(F)F)cc2[N+](=O)[O-])CC1. The summed E-state index contributed by atoms with van der Waals surface area (Å²) in [5, 5.41) is 13.0. The highest BCUT2D eigenvalue weighted by Crippen LogP contribution is 2.36. The van der Waals surface area contributed by atoms with Crippen LogP contribution in [0.4, 0.5) is 24.5 Å². The summed E-state index contributed by atoms with van der Waals surface area (Å²) in [6.07, 6.45) is -1.95. The monoisotopic (exact) mass is 453 g/mol. The first-order chi connectivity index (χ1) is 14.7. The Kier molecular flexibility index (Phi) is 5.13. The van der Waals surface area contributed by atoms with Crippen LogP contribution in [0.1, 0.15) is 15.9 Å². The van der Waals surface area contributed by atoms with E-state index in [4.69, 9.17) is 0 Å². The predicted molar refractivity (Wildman–Crippen MR) is 106 cm³/mol. The summed E-state index contributed by atoms with van der Waals surface area (Å²) in [6, 6.07) is 2.37. The maximum atomic E-state index is 12.9. The molecule has 1 aliphatic rings. The highest BCUT2D eigenvalue weighted by Gasteiger charge is 2.34. The van der Waals surface area contributed by atoms with Crippen LogP contribution in [0.15, 0.2) is 40.8 Å². The number of alkyl halides is 3. The number of piperazine rings is 1. The van der Waals surface area contributed by atoms with E-state index in [0.29, 0.717) is 11.0 Å². The van der Waals surface area contributed by atoms with Gasteiger partial charge in [-0.25, -0.2) is 4.98 Å². The molecular weight excluding hydrogens is 439 g/mol. The zero-order chi connectivity index (χ0) is 22.3. The summed E-state index contributed by atoms with van der Waals surface area (Å²) < 4.78 is 40.0. The van der Waals surface area contributed by atoms with Crippen LogP contribution in [0, 0.1) is 10.1 Å². The largest absolute Gasteiger partial charge is 0.416 e. The van der Waals surface area contributed by atoms with Gasteiger partial charge in [-0.15, -0.1) is 11.3 Å². The molecule has 0 aliphatic carbocycles. The molecule has 4 rings (SSSR count). The number of thiazole rings is 1. The minimum Gasteiger partial charge on any atom is -0.362 e. The summed E-state index contributed by atoms with van der Waals surface area (Å²) in [6.45, 7) is 0.604. The van der Waals surface area contributed by atoms with Gasteiger partial charge >= 0.3 is 6.18 Å². The topological polar surface area (TPSA) is 101 Å². The Morgan fingerprint density at radius 3 is 2.55 bits per heavy atom. The van der Waals surface area contributed by atoms with Crippen LogP contribution < -0.4 is 10.5 Å². The normalized spacial score (nSPS) is 14.8. The number of nitro groups is 1. The molecule has 9 nitrogen and oxygen atoms in total. The number of anilines is 1. The lowest BCUT2D eigenvalue weighted by Crippen LogP contribution is -2.50. The van der Waals surface area contributed by atoms with E-state index in [1.807, 2.05) is 0 Å². The molecule has 3 aromatic rings. The van der Waals surface area contributed by atoms with Gasteiger partial charge in [-0.05, 0) is 12.1 Å². The van der Waals surface area contributed by atoms with E-state index in [9.17, 15) is 32.9 Å². The highest BCUT2D eigenvalue weighted by atomic mass is 32.1. The first-order valence-electron chi connectivity index (χ1n) is 9.01. The molecule has 1 fully saturated rings. The molecule has 1 saturated heterocycles. The van der Waals surface area contributed by atoms with Gasteiger partial charge < -0.3 is 9.80 Å². The Hall–Kier alpha value is -3.48. The van der Waals surface area contributed by atoms with Gasteiger partial charge in [-0.1, -0.05) is 0 Å². The maximum absolute atomic E-state index is 12.9. The quantitative estimate of drug-likeness (QED) is 0.447. The lowest BCUT2D eigenvalue weighted by molar-refractivity contribution is -0.384. The highest BCUT2D eigenvalue weighted by molar-refractivity contribution is 7.15. The number of carbonyl (C=O) groups excluding carboxylic acids is 1. The van der Waals surface area contributed by atoms with E-state index in [1.54, 1.807) is 10.3 Å². The number of nitrogens with zero attached hydrogens (tertiary/aromatic N) is 5. The molecule has 0 unspecified atom stereocenters. The van der Waals surface area contributed by atoms with Gasteiger partial charge in [-0.3, -0.25) is 24.1 Å². The maximum Gasteiger partial charge on any atom is 0.416 e. The third-order valence-corrected chi connectivity index (χ3v) is 5.75. The Labute approximate surface area is 176 Å². The van der Waals surface area contributed by atoms with Crippen molar-refractivity contribution in [1.82, 2.24) is 14.3 Å². The molecular formula is C18H14F3N5O4S. The molecule has 2 aromatic heterocycles. The number of benzene rings is 1. The summed E-state index contributed by atoms with van der Waals surface area (Å²) in [4.78, 5) is 43.3. The summed E-state index contributed by atoms with van der Waals surface area (Å²) >= 11 is 1.26. The van der Waals surface area contributed by atoms with E-state index in [1.165, 1.54) is 33.0 Å². The molecule has 0 N–H and O–H groups in total. The lowest BCUT2D eigenvalue weighted by atomic mass is 10.1. The Balaban J connectivity index is 1.53. The van der Waals surface area contributed by atoms with Crippen LogP contribution in [0.3, 0.4) is 0 Å².